The smallest absolute Gasteiger partial charge is 0.481 e. The van der Waals surface area contributed by atoms with Gasteiger partial charge in [0.15, 0.2) is 0 Å². The van der Waals surface area contributed by atoms with Gasteiger partial charge >= 0.3 is 12.3 Å². The van der Waals surface area contributed by atoms with E-state index in [2.05, 4.69) is 30.7 Å². The maximum absolute atomic E-state index is 12.8. The predicted octanol–water partition coefficient (Wildman–Crippen LogP) is 3.61. The highest BCUT2D eigenvalue weighted by atomic mass is 19.4. The summed E-state index contributed by atoms with van der Waals surface area (Å²) in [5.74, 6) is -0.664. The van der Waals surface area contributed by atoms with Crippen molar-refractivity contribution in [1.29, 1.82) is 0 Å². The van der Waals surface area contributed by atoms with E-state index in [4.69, 9.17) is 4.74 Å². The lowest BCUT2D eigenvalue weighted by Crippen LogP contribution is -2.52. The number of carboxylic acid groups (broad SMARTS) is 1. The zero-order chi connectivity index (χ0) is 26.9. The molecule has 3 atom stereocenters. The van der Waals surface area contributed by atoms with Crippen molar-refractivity contribution in [3.63, 3.8) is 0 Å². The van der Waals surface area contributed by atoms with Crippen molar-refractivity contribution >= 4 is 12.2 Å². The molecule has 0 amide bonds. The third kappa shape index (κ3) is 5.50. The SMILES string of the molecule is Cc1cc(OCC2(C(=O)O)CCC2)ncc1C1C=NC(C2NC=C(C3=CCCC=C3OC(F)(F)F)N2)NC1. The van der Waals surface area contributed by atoms with Crippen LogP contribution in [0.5, 0.6) is 5.88 Å². The summed E-state index contributed by atoms with van der Waals surface area (Å²) < 4.78 is 48.4. The molecule has 5 rings (SSSR count). The Morgan fingerprint density at radius 3 is 2.68 bits per heavy atom. The van der Waals surface area contributed by atoms with Gasteiger partial charge in [-0.2, -0.15) is 0 Å². The lowest BCUT2D eigenvalue weighted by atomic mass is 9.69. The van der Waals surface area contributed by atoms with Gasteiger partial charge in [-0.05, 0) is 49.8 Å². The Morgan fingerprint density at radius 1 is 1.26 bits per heavy atom. The molecule has 0 spiro atoms. The monoisotopic (exact) mass is 533 g/mol. The van der Waals surface area contributed by atoms with Crippen LogP contribution in [0.15, 0.2) is 52.6 Å². The van der Waals surface area contributed by atoms with Crippen molar-refractivity contribution in [2.24, 2.45) is 10.4 Å². The number of carbonyl (C=O) groups is 1. The fourth-order valence-electron chi connectivity index (χ4n) is 5.05. The van der Waals surface area contributed by atoms with Crippen molar-refractivity contribution in [1.82, 2.24) is 20.9 Å². The molecule has 12 heteroatoms. The molecule has 4 aliphatic rings. The third-order valence-electron chi connectivity index (χ3n) is 7.42. The Labute approximate surface area is 217 Å². The molecule has 1 saturated carbocycles. The zero-order valence-corrected chi connectivity index (χ0v) is 20.8. The van der Waals surface area contributed by atoms with Crippen molar-refractivity contribution in [2.45, 2.75) is 63.6 Å². The number of aryl methyl sites for hydroxylation is 1. The molecule has 0 saturated heterocycles. The van der Waals surface area contributed by atoms with Crippen LogP contribution >= 0.6 is 0 Å². The Morgan fingerprint density at radius 2 is 2.05 bits per heavy atom. The van der Waals surface area contributed by atoms with Crippen LogP contribution in [-0.4, -0.2) is 54.1 Å². The van der Waals surface area contributed by atoms with Crippen LogP contribution in [0.2, 0.25) is 0 Å². The van der Waals surface area contributed by atoms with E-state index in [9.17, 15) is 23.1 Å². The molecule has 3 unspecified atom stereocenters. The van der Waals surface area contributed by atoms with Gasteiger partial charge in [0.25, 0.3) is 0 Å². The number of nitrogens with zero attached hydrogens (tertiary/aromatic N) is 2. The molecule has 4 N–H and O–H groups in total. The number of ether oxygens (including phenoxy) is 2. The average Bonchev–Trinajstić information content (AvgIpc) is 3.33. The second-order valence-electron chi connectivity index (χ2n) is 10.0. The van der Waals surface area contributed by atoms with E-state index in [0.717, 1.165) is 17.5 Å². The number of hydrogen-bond acceptors (Lipinski definition) is 8. The van der Waals surface area contributed by atoms with Crippen LogP contribution < -0.4 is 20.7 Å². The number of aromatic nitrogens is 1. The molecular formula is C26H30F3N5O4. The van der Waals surface area contributed by atoms with Crippen LogP contribution in [-0.2, 0) is 9.53 Å². The molecule has 1 aromatic heterocycles. The van der Waals surface area contributed by atoms with E-state index < -0.39 is 17.7 Å². The van der Waals surface area contributed by atoms with Crippen molar-refractivity contribution in [2.75, 3.05) is 13.2 Å². The van der Waals surface area contributed by atoms with Crippen molar-refractivity contribution in [3.8, 4) is 5.88 Å². The van der Waals surface area contributed by atoms with Crippen molar-refractivity contribution in [3.05, 3.63) is 58.8 Å². The first-order chi connectivity index (χ1) is 18.1. The van der Waals surface area contributed by atoms with Crippen molar-refractivity contribution < 1.29 is 32.5 Å². The number of allylic oxidation sites excluding steroid dienone is 2. The average molecular weight is 534 g/mol. The number of nitrogens with one attached hydrogen (secondary N) is 3. The zero-order valence-electron chi connectivity index (χ0n) is 20.8. The highest BCUT2D eigenvalue weighted by Gasteiger charge is 2.45. The van der Waals surface area contributed by atoms with Crippen LogP contribution in [0.4, 0.5) is 13.2 Å². The minimum atomic E-state index is -4.76. The molecule has 1 aromatic rings. The molecule has 204 valence electrons. The summed E-state index contributed by atoms with van der Waals surface area (Å²) >= 11 is 0. The van der Waals surface area contributed by atoms with E-state index in [1.807, 2.05) is 19.2 Å². The molecule has 0 aromatic carbocycles. The van der Waals surface area contributed by atoms with Gasteiger partial charge in [-0.15, -0.1) is 13.2 Å². The van der Waals surface area contributed by atoms with E-state index in [0.29, 0.717) is 49.4 Å². The molecule has 2 aliphatic heterocycles. The lowest BCUT2D eigenvalue weighted by Gasteiger charge is -2.36. The molecule has 2 aliphatic carbocycles. The number of aliphatic carboxylic acids is 1. The first kappa shape index (κ1) is 26.1. The molecule has 0 bridgehead atoms. The molecule has 9 nitrogen and oxygen atoms in total. The molecule has 38 heavy (non-hydrogen) atoms. The summed E-state index contributed by atoms with van der Waals surface area (Å²) in [4.78, 5) is 20.6. The summed E-state index contributed by atoms with van der Waals surface area (Å²) in [5, 5.41) is 19.2. The topological polar surface area (TPSA) is 117 Å². The highest BCUT2D eigenvalue weighted by Crippen LogP contribution is 2.41. The summed E-state index contributed by atoms with van der Waals surface area (Å²) in [6.45, 7) is 2.64. The number of halogens is 3. The summed E-state index contributed by atoms with van der Waals surface area (Å²) in [6, 6.07) is 1.81. The van der Waals surface area contributed by atoms with Crippen LogP contribution in [0.25, 0.3) is 0 Å². The van der Waals surface area contributed by atoms with Gasteiger partial charge < -0.3 is 25.2 Å². The Balaban J connectivity index is 1.17. The highest BCUT2D eigenvalue weighted by molar-refractivity contribution is 5.76. The fourth-order valence-corrected chi connectivity index (χ4v) is 5.05. The summed E-state index contributed by atoms with van der Waals surface area (Å²) in [6.07, 6.45) is 6.18. The standard InChI is InChI=1S/C26H30F3N5O4/c1-15-9-21(37-14-25(24(35)36)7-4-8-25)30-12-18(15)16-10-31-22(32-11-16)23-33-13-19(34-23)17-5-2-3-6-20(17)38-26(27,28)29/h5-6,9-10,12-13,16,22-23,32-34H,2-4,7-8,11,14H2,1H3,(H,35,36). The quantitative estimate of drug-likeness (QED) is 0.401. The number of pyridine rings is 1. The lowest BCUT2D eigenvalue weighted by molar-refractivity contribution is -0.304. The molecule has 1 fully saturated rings. The van der Waals surface area contributed by atoms with Gasteiger partial charge in [0.1, 0.15) is 30.1 Å². The first-order valence-electron chi connectivity index (χ1n) is 12.6. The third-order valence-corrected chi connectivity index (χ3v) is 7.42. The number of aliphatic imine (C=N–C) groups is 1. The Hall–Kier alpha value is -3.54. The fraction of sp³-hybridized carbons (Fsp3) is 0.500. The molecule has 0 radical (unpaired) electrons. The normalized spacial score (nSPS) is 26.2. The van der Waals surface area contributed by atoms with Gasteiger partial charge in [-0.25, -0.2) is 4.98 Å². The molecule has 3 heterocycles. The maximum Gasteiger partial charge on any atom is 0.573 e. The molecular weight excluding hydrogens is 503 g/mol. The van der Waals surface area contributed by atoms with Gasteiger partial charge in [-0.3, -0.25) is 15.1 Å². The van der Waals surface area contributed by atoms with Crippen LogP contribution in [0.3, 0.4) is 0 Å². The largest absolute Gasteiger partial charge is 0.573 e. The van der Waals surface area contributed by atoms with E-state index in [-0.39, 0.29) is 30.6 Å². The summed E-state index contributed by atoms with van der Waals surface area (Å²) in [5.41, 5.74) is 2.01. The van der Waals surface area contributed by atoms with Crippen LogP contribution in [0.1, 0.15) is 49.1 Å². The van der Waals surface area contributed by atoms with E-state index >= 15 is 0 Å². The van der Waals surface area contributed by atoms with E-state index in [1.165, 1.54) is 6.08 Å². The first-order valence-corrected chi connectivity index (χ1v) is 12.6. The van der Waals surface area contributed by atoms with Gasteiger partial charge in [0.2, 0.25) is 5.88 Å². The van der Waals surface area contributed by atoms with Gasteiger partial charge in [0, 0.05) is 42.7 Å². The Bertz CT molecular complexity index is 1210. The Kier molecular flexibility index (Phi) is 7.08. The number of hydrogen-bond donors (Lipinski definition) is 4. The van der Waals surface area contributed by atoms with Gasteiger partial charge in [0.05, 0.1) is 5.70 Å². The summed E-state index contributed by atoms with van der Waals surface area (Å²) in [7, 11) is 0. The second kappa shape index (κ2) is 10.3. The van der Waals surface area contributed by atoms with Crippen LogP contribution in [0, 0.1) is 12.3 Å². The number of carboxylic acids is 1. The number of rotatable bonds is 8. The minimum Gasteiger partial charge on any atom is -0.481 e. The minimum absolute atomic E-state index is 0.0330. The second-order valence-corrected chi connectivity index (χ2v) is 10.0. The number of alkyl halides is 3. The maximum atomic E-state index is 12.8. The van der Waals surface area contributed by atoms with Gasteiger partial charge in [-0.1, -0.05) is 12.5 Å². The predicted molar refractivity (Wildman–Crippen MR) is 132 cm³/mol. The van der Waals surface area contributed by atoms with E-state index in [1.54, 1.807) is 18.5 Å².